The van der Waals surface area contributed by atoms with E-state index in [0.717, 1.165) is 0 Å². The number of aliphatic hydroxyl groups excluding tert-OH is 1. The molecule has 36 heavy (non-hydrogen) atoms. The third kappa shape index (κ3) is 3.68. The number of nitrogens with zero attached hydrogens (tertiary/aromatic N) is 2. The number of ether oxygens (including phenoxy) is 4. The van der Waals surface area contributed by atoms with Gasteiger partial charge in [-0.3, -0.25) is 19.5 Å². The maximum absolute atomic E-state index is 13.4. The second-order valence-corrected chi connectivity index (χ2v) is 8.56. The van der Waals surface area contributed by atoms with E-state index in [1.807, 2.05) is 0 Å². The average Bonchev–Trinajstić information content (AvgIpc) is 3.46. The third-order valence-electron chi connectivity index (χ3n) is 5.87. The number of benzene rings is 2. The number of amides is 1. The van der Waals surface area contributed by atoms with Gasteiger partial charge in [-0.15, -0.1) is 0 Å². The number of pyridine rings is 1. The zero-order chi connectivity index (χ0) is 25.6. The molecule has 1 amide bonds. The molecule has 1 unspecified atom stereocenters. The fourth-order valence-corrected chi connectivity index (χ4v) is 4.97. The van der Waals surface area contributed by atoms with Gasteiger partial charge in [0, 0.05) is 24.1 Å². The van der Waals surface area contributed by atoms with Gasteiger partial charge in [0.25, 0.3) is 11.7 Å². The van der Waals surface area contributed by atoms with Crippen LogP contribution in [0.4, 0.5) is 5.69 Å². The summed E-state index contributed by atoms with van der Waals surface area (Å²) in [5.41, 5.74) is 0.680. The maximum Gasteiger partial charge on any atom is 0.300 e. The number of aromatic nitrogens is 1. The van der Waals surface area contributed by atoms with Crippen molar-refractivity contribution in [1.82, 2.24) is 4.98 Å². The van der Waals surface area contributed by atoms with Gasteiger partial charge in [-0.05, 0) is 29.8 Å². The monoisotopic (exact) mass is 528 g/mol. The van der Waals surface area contributed by atoms with Crippen LogP contribution in [0.15, 0.2) is 54.4 Å². The molecule has 0 saturated carbocycles. The SMILES string of the molecule is COc1c(Cl)cc(/C(O)=C2\C(=O)C(=O)N(c3ccc4c(c3)OCO4)C2c2cccnc2)c(OC)c1Cl. The number of methoxy groups -OCH3 is 2. The smallest absolute Gasteiger partial charge is 0.300 e. The van der Waals surface area contributed by atoms with Crippen molar-refractivity contribution < 1.29 is 33.6 Å². The van der Waals surface area contributed by atoms with Crippen LogP contribution in [-0.2, 0) is 9.59 Å². The van der Waals surface area contributed by atoms with E-state index in [9.17, 15) is 14.7 Å². The van der Waals surface area contributed by atoms with E-state index < -0.39 is 23.5 Å². The number of hydrogen-bond donors (Lipinski definition) is 1. The zero-order valence-corrected chi connectivity index (χ0v) is 20.5. The van der Waals surface area contributed by atoms with Crippen molar-refractivity contribution in [1.29, 1.82) is 0 Å². The summed E-state index contributed by atoms with van der Waals surface area (Å²) in [6.07, 6.45) is 3.07. The first kappa shape index (κ1) is 23.8. The van der Waals surface area contributed by atoms with Gasteiger partial charge in [-0.1, -0.05) is 29.3 Å². The molecule has 184 valence electrons. The summed E-state index contributed by atoms with van der Waals surface area (Å²) >= 11 is 12.7. The molecular formula is C25H18Cl2N2O7. The van der Waals surface area contributed by atoms with Crippen molar-refractivity contribution in [2.75, 3.05) is 25.9 Å². The van der Waals surface area contributed by atoms with Crippen LogP contribution in [-0.4, -0.2) is 42.8 Å². The number of Topliss-reactive ketones (excluding diaryl/α,β-unsaturated/α-hetero) is 1. The molecule has 1 aromatic heterocycles. The van der Waals surface area contributed by atoms with Crippen LogP contribution in [0, 0.1) is 0 Å². The minimum Gasteiger partial charge on any atom is -0.507 e. The predicted molar refractivity (Wildman–Crippen MR) is 131 cm³/mol. The summed E-state index contributed by atoms with van der Waals surface area (Å²) < 4.78 is 21.4. The Kier molecular flexibility index (Phi) is 6.11. The molecule has 1 N–H and O–H groups in total. The highest BCUT2D eigenvalue weighted by molar-refractivity contribution is 6.52. The molecule has 1 fully saturated rings. The van der Waals surface area contributed by atoms with Crippen molar-refractivity contribution in [3.05, 3.63) is 75.5 Å². The maximum atomic E-state index is 13.4. The van der Waals surface area contributed by atoms with Gasteiger partial charge in [0.1, 0.15) is 10.8 Å². The van der Waals surface area contributed by atoms with Crippen LogP contribution < -0.4 is 23.8 Å². The predicted octanol–water partition coefficient (Wildman–Crippen LogP) is 4.76. The number of anilines is 1. The van der Waals surface area contributed by atoms with E-state index in [0.29, 0.717) is 22.7 Å². The molecule has 2 aliphatic rings. The van der Waals surface area contributed by atoms with Gasteiger partial charge in [0.05, 0.1) is 36.4 Å². The summed E-state index contributed by atoms with van der Waals surface area (Å²) in [6, 6.07) is 8.56. The second-order valence-electron chi connectivity index (χ2n) is 7.78. The molecular weight excluding hydrogens is 511 g/mol. The third-order valence-corrected chi connectivity index (χ3v) is 6.50. The van der Waals surface area contributed by atoms with Crippen molar-refractivity contribution >= 4 is 46.3 Å². The second kappa shape index (κ2) is 9.25. The van der Waals surface area contributed by atoms with Crippen LogP contribution >= 0.6 is 23.2 Å². The summed E-state index contributed by atoms with van der Waals surface area (Å²) in [5.74, 6) is -1.19. The molecule has 2 aromatic carbocycles. The lowest BCUT2D eigenvalue weighted by Gasteiger charge is -2.25. The number of ketones is 1. The van der Waals surface area contributed by atoms with Gasteiger partial charge in [-0.2, -0.15) is 0 Å². The summed E-state index contributed by atoms with van der Waals surface area (Å²) in [7, 11) is 2.72. The molecule has 1 atom stereocenters. The lowest BCUT2D eigenvalue weighted by Crippen LogP contribution is -2.29. The number of rotatable bonds is 5. The van der Waals surface area contributed by atoms with Crippen LogP contribution in [0.3, 0.4) is 0 Å². The van der Waals surface area contributed by atoms with Gasteiger partial charge >= 0.3 is 0 Å². The van der Waals surface area contributed by atoms with Crippen molar-refractivity contribution in [2.45, 2.75) is 6.04 Å². The number of carbonyl (C=O) groups is 2. The molecule has 3 aromatic rings. The van der Waals surface area contributed by atoms with E-state index in [2.05, 4.69) is 4.98 Å². The van der Waals surface area contributed by atoms with Crippen LogP contribution in [0.1, 0.15) is 17.2 Å². The Bertz CT molecular complexity index is 1430. The van der Waals surface area contributed by atoms with E-state index >= 15 is 0 Å². The number of hydrogen-bond acceptors (Lipinski definition) is 8. The standard InChI is InChI=1S/C25H18Cl2N2O7/c1-33-23-14(9-15(26)24(34-2)19(23)27)21(30)18-20(12-4-3-7-28-10-12)29(25(32)22(18)31)13-5-6-16-17(8-13)36-11-35-16/h3-10,20,30H,11H2,1-2H3/b21-18+. The quantitative estimate of drug-likeness (QED) is 0.287. The fourth-order valence-electron chi connectivity index (χ4n) is 4.28. The van der Waals surface area contributed by atoms with Crippen LogP contribution in [0.25, 0.3) is 5.76 Å². The zero-order valence-electron chi connectivity index (χ0n) is 19.0. The lowest BCUT2D eigenvalue weighted by molar-refractivity contribution is -0.132. The number of halogens is 2. The summed E-state index contributed by atoms with van der Waals surface area (Å²) in [6.45, 7) is 0.0441. The normalized spacial score (nSPS) is 18.0. The Labute approximate surface area is 215 Å². The molecule has 0 radical (unpaired) electrons. The topological polar surface area (TPSA) is 107 Å². The minimum absolute atomic E-state index is 0.00280. The van der Waals surface area contributed by atoms with Gasteiger partial charge in [0.15, 0.2) is 23.0 Å². The van der Waals surface area contributed by atoms with Crippen LogP contribution in [0.5, 0.6) is 23.0 Å². The van der Waals surface area contributed by atoms with E-state index in [1.165, 1.54) is 31.4 Å². The van der Waals surface area contributed by atoms with E-state index in [1.54, 1.807) is 36.5 Å². The highest BCUT2D eigenvalue weighted by atomic mass is 35.5. The Morgan fingerprint density at radius 3 is 2.53 bits per heavy atom. The van der Waals surface area contributed by atoms with Gasteiger partial charge < -0.3 is 24.1 Å². The number of aliphatic hydroxyl groups is 1. The molecule has 0 spiro atoms. The van der Waals surface area contributed by atoms with E-state index in [4.69, 9.17) is 42.1 Å². The molecule has 0 bridgehead atoms. The van der Waals surface area contributed by atoms with Crippen LogP contribution in [0.2, 0.25) is 10.0 Å². The first-order valence-electron chi connectivity index (χ1n) is 10.6. The highest BCUT2D eigenvalue weighted by Gasteiger charge is 2.47. The van der Waals surface area contributed by atoms with E-state index in [-0.39, 0.29) is 39.5 Å². The molecule has 2 aliphatic heterocycles. The Hall–Kier alpha value is -3.95. The van der Waals surface area contributed by atoms with Gasteiger partial charge in [0.2, 0.25) is 6.79 Å². The lowest BCUT2D eigenvalue weighted by atomic mass is 9.95. The van der Waals surface area contributed by atoms with Crippen molar-refractivity contribution in [2.24, 2.45) is 0 Å². The molecule has 1 saturated heterocycles. The van der Waals surface area contributed by atoms with Crippen molar-refractivity contribution in [3.63, 3.8) is 0 Å². The largest absolute Gasteiger partial charge is 0.507 e. The first-order valence-corrected chi connectivity index (χ1v) is 11.3. The Balaban J connectivity index is 1.75. The van der Waals surface area contributed by atoms with Gasteiger partial charge in [-0.25, -0.2) is 0 Å². The molecule has 0 aliphatic carbocycles. The summed E-state index contributed by atoms with van der Waals surface area (Å²) in [4.78, 5) is 32.2. The molecule has 9 nitrogen and oxygen atoms in total. The highest BCUT2D eigenvalue weighted by Crippen LogP contribution is 2.48. The fraction of sp³-hybridized carbons (Fsp3) is 0.160. The Morgan fingerprint density at radius 1 is 1.08 bits per heavy atom. The molecule has 11 heteroatoms. The number of carbonyl (C=O) groups excluding carboxylic acids is 2. The summed E-state index contributed by atoms with van der Waals surface area (Å²) in [5, 5.41) is 11.5. The molecule has 5 rings (SSSR count). The average molecular weight is 529 g/mol. The first-order chi connectivity index (χ1) is 17.4. The minimum atomic E-state index is -1.02. The number of fused-ring (bicyclic) bond motifs is 1. The van der Waals surface area contributed by atoms with Crippen molar-refractivity contribution in [3.8, 4) is 23.0 Å². The molecule has 3 heterocycles. The Morgan fingerprint density at radius 2 is 1.83 bits per heavy atom.